The molecule has 0 aromatic heterocycles. The van der Waals surface area contributed by atoms with Crippen molar-refractivity contribution in [2.75, 3.05) is 12.3 Å². The number of nitrogen functional groups attached to an aromatic ring is 1. The van der Waals surface area contributed by atoms with Crippen molar-refractivity contribution in [3.63, 3.8) is 0 Å². The van der Waals surface area contributed by atoms with Gasteiger partial charge in [0.05, 0.1) is 11.5 Å². The predicted molar refractivity (Wildman–Crippen MR) is 54.3 cm³/mol. The summed E-state index contributed by atoms with van der Waals surface area (Å²) in [6.07, 6.45) is -1.51. The minimum atomic E-state index is -3.80. The smallest absolute Gasteiger partial charge is 0.242 e. The molecule has 0 aliphatic rings. The van der Waals surface area contributed by atoms with E-state index in [1.165, 1.54) is 24.3 Å². The van der Waals surface area contributed by atoms with Crippen LogP contribution in [0, 0.1) is 0 Å². The summed E-state index contributed by atoms with van der Waals surface area (Å²) in [5.74, 6) is 0. The number of anilines is 1. The molecule has 0 heterocycles. The molecule has 6 nitrogen and oxygen atoms in total. The third-order valence-corrected chi connectivity index (χ3v) is 3.13. The zero-order valence-corrected chi connectivity index (χ0v) is 8.61. The summed E-state index contributed by atoms with van der Waals surface area (Å²) in [5.41, 5.74) is 5.83. The van der Waals surface area contributed by atoms with E-state index in [1.54, 1.807) is 0 Å². The van der Waals surface area contributed by atoms with Gasteiger partial charge in [0.1, 0.15) is 6.23 Å². The van der Waals surface area contributed by atoms with Crippen LogP contribution in [0.3, 0.4) is 0 Å². The van der Waals surface area contributed by atoms with Crippen LogP contribution in [0.15, 0.2) is 29.2 Å². The molecule has 5 N–H and O–H groups in total. The van der Waals surface area contributed by atoms with Gasteiger partial charge in [0, 0.05) is 5.69 Å². The first-order valence-corrected chi connectivity index (χ1v) is 5.61. The Bertz CT molecular complexity index is 415. The number of aliphatic hydroxyl groups excluding tert-OH is 2. The molecule has 0 saturated carbocycles. The molecule has 1 atom stereocenters. The predicted octanol–water partition coefficient (Wildman–Crippen LogP) is -1.14. The number of nitrogens with two attached hydrogens (primary N) is 1. The van der Waals surface area contributed by atoms with Gasteiger partial charge in [0.25, 0.3) is 0 Å². The highest BCUT2D eigenvalue weighted by molar-refractivity contribution is 7.89. The number of benzene rings is 1. The first-order chi connectivity index (χ1) is 6.95. The first-order valence-electron chi connectivity index (χ1n) is 4.12. The lowest BCUT2D eigenvalue weighted by atomic mass is 10.3. The Kier molecular flexibility index (Phi) is 3.64. The number of sulfonamides is 1. The van der Waals surface area contributed by atoms with Crippen molar-refractivity contribution < 1.29 is 18.6 Å². The summed E-state index contributed by atoms with van der Waals surface area (Å²) in [4.78, 5) is -0.0239. The Labute approximate surface area is 87.4 Å². The zero-order chi connectivity index (χ0) is 11.5. The number of aliphatic hydroxyl groups is 2. The number of hydrogen-bond acceptors (Lipinski definition) is 5. The zero-order valence-electron chi connectivity index (χ0n) is 7.79. The average molecular weight is 232 g/mol. The fourth-order valence-corrected chi connectivity index (χ4v) is 1.99. The number of nitrogens with one attached hydrogen (secondary N) is 1. The van der Waals surface area contributed by atoms with Crippen molar-refractivity contribution in [3.8, 4) is 0 Å². The van der Waals surface area contributed by atoms with E-state index in [2.05, 4.69) is 0 Å². The molecule has 84 valence electrons. The lowest BCUT2D eigenvalue weighted by molar-refractivity contribution is 0.0868. The second-order valence-electron chi connectivity index (χ2n) is 2.89. The van der Waals surface area contributed by atoms with E-state index in [0.29, 0.717) is 5.69 Å². The van der Waals surface area contributed by atoms with Crippen LogP contribution in [0.5, 0.6) is 0 Å². The topological polar surface area (TPSA) is 113 Å². The van der Waals surface area contributed by atoms with E-state index in [4.69, 9.17) is 15.9 Å². The molecule has 0 bridgehead atoms. The Morgan fingerprint density at radius 2 is 1.87 bits per heavy atom. The Hall–Kier alpha value is -1.15. The van der Waals surface area contributed by atoms with E-state index >= 15 is 0 Å². The molecular formula is C8H12N2O4S. The molecule has 7 heteroatoms. The lowest BCUT2D eigenvalue weighted by Gasteiger charge is -2.10. The fraction of sp³-hybridized carbons (Fsp3) is 0.250. The van der Waals surface area contributed by atoms with Crippen molar-refractivity contribution in [1.82, 2.24) is 4.72 Å². The van der Waals surface area contributed by atoms with Crippen LogP contribution in [-0.2, 0) is 10.0 Å². The van der Waals surface area contributed by atoms with Gasteiger partial charge in [-0.05, 0) is 24.3 Å². The lowest BCUT2D eigenvalue weighted by Crippen LogP contribution is -2.37. The van der Waals surface area contributed by atoms with Crippen molar-refractivity contribution in [2.45, 2.75) is 11.1 Å². The van der Waals surface area contributed by atoms with E-state index in [1.807, 2.05) is 4.72 Å². The molecule has 0 aliphatic heterocycles. The third kappa shape index (κ3) is 3.17. The number of rotatable bonds is 4. The molecule has 1 aromatic carbocycles. The highest BCUT2D eigenvalue weighted by Crippen LogP contribution is 2.11. The summed E-state index contributed by atoms with van der Waals surface area (Å²) in [5, 5.41) is 17.4. The van der Waals surface area contributed by atoms with Crippen LogP contribution in [0.25, 0.3) is 0 Å². The molecule has 0 fully saturated rings. The summed E-state index contributed by atoms with van der Waals surface area (Å²) >= 11 is 0. The van der Waals surface area contributed by atoms with Gasteiger partial charge in [-0.1, -0.05) is 0 Å². The van der Waals surface area contributed by atoms with E-state index in [9.17, 15) is 8.42 Å². The van der Waals surface area contributed by atoms with E-state index < -0.39 is 22.9 Å². The minimum Gasteiger partial charge on any atom is -0.399 e. The second kappa shape index (κ2) is 4.58. The summed E-state index contributed by atoms with van der Waals surface area (Å²) in [6, 6.07) is 5.48. The molecule has 1 aromatic rings. The summed E-state index contributed by atoms with van der Waals surface area (Å²) < 4.78 is 24.9. The maximum absolute atomic E-state index is 11.5. The SMILES string of the molecule is Nc1ccc(S(=O)(=O)NC(O)CO)cc1. The maximum atomic E-state index is 11.5. The van der Waals surface area contributed by atoms with Gasteiger partial charge < -0.3 is 15.9 Å². The highest BCUT2D eigenvalue weighted by atomic mass is 32.2. The molecule has 0 amide bonds. The van der Waals surface area contributed by atoms with Gasteiger partial charge in [0.15, 0.2) is 0 Å². The summed E-state index contributed by atoms with van der Waals surface area (Å²) in [7, 11) is -3.80. The molecule has 15 heavy (non-hydrogen) atoms. The van der Waals surface area contributed by atoms with Crippen LogP contribution in [0.4, 0.5) is 5.69 Å². The Balaban J connectivity index is 2.91. The molecule has 0 spiro atoms. The van der Waals surface area contributed by atoms with Gasteiger partial charge in [-0.3, -0.25) is 0 Å². The monoisotopic (exact) mass is 232 g/mol. The first kappa shape index (κ1) is 11.9. The van der Waals surface area contributed by atoms with Crippen molar-refractivity contribution in [2.24, 2.45) is 0 Å². The van der Waals surface area contributed by atoms with Crippen molar-refractivity contribution in [3.05, 3.63) is 24.3 Å². The van der Waals surface area contributed by atoms with Crippen molar-refractivity contribution >= 4 is 15.7 Å². The standard InChI is InChI=1S/C8H12N2O4S/c9-6-1-3-7(4-2-6)15(13,14)10-8(12)5-11/h1-4,8,10-12H,5,9H2. The second-order valence-corrected chi connectivity index (χ2v) is 4.60. The largest absolute Gasteiger partial charge is 0.399 e. The van der Waals surface area contributed by atoms with Crippen LogP contribution in [-0.4, -0.2) is 31.5 Å². The average Bonchev–Trinajstić information content (AvgIpc) is 2.17. The van der Waals surface area contributed by atoms with Crippen LogP contribution in [0.1, 0.15) is 0 Å². The molecular weight excluding hydrogens is 220 g/mol. The van der Waals surface area contributed by atoms with Crippen LogP contribution < -0.4 is 10.5 Å². The molecule has 1 unspecified atom stereocenters. The third-order valence-electron chi connectivity index (χ3n) is 1.65. The van der Waals surface area contributed by atoms with Crippen LogP contribution >= 0.6 is 0 Å². The minimum absolute atomic E-state index is 0.0239. The Morgan fingerprint density at radius 1 is 1.33 bits per heavy atom. The van der Waals surface area contributed by atoms with Gasteiger partial charge in [-0.25, -0.2) is 8.42 Å². The molecule has 0 radical (unpaired) electrons. The van der Waals surface area contributed by atoms with Crippen LogP contribution in [0.2, 0.25) is 0 Å². The Morgan fingerprint density at radius 3 is 2.33 bits per heavy atom. The quantitative estimate of drug-likeness (QED) is 0.387. The van der Waals surface area contributed by atoms with Gasteiger partial charge in [-0.15, -0.1) is 0 Å². The fourth-order valence-electron chi connectivity index (χ4n) is 0.931. The van der Waals surface area contributed by atoms with Gasteiger partial charge in [-0.2, -0.15) is 4.72 Å². The highest BCUT2D eigenvalue weighted by Gasteiger charge is 2.17. The van der Waals surface area contributed by atoms with Gasteiger partial charge >= 0.3 is 0 Å². The molecule has 0 aliphatic carbocycles. The van der Waals surface area contributed by atoms with E-state index in [0.717, 1.165) is 0 Å². The van der Waals surface area contributed by atoms with Crippen molar-refractivity contribution in [1.29, 1.82) is 0 Å². The van der Waals surface area contributed by atoms with Gasteiger partial charge in [0.2, 0.25) is 10.0 Å². The maximum Gasteiger partial charge on any atom is 0.242 e. The molecule has 1 rings (SSSR count). The number of hydrogen-bond donors (Lipinski definition) is 4. The normalized spacial score (nSPS) is 13.7. The summed E-state index contributed by atoms with van der Waals surface area (Å²) in [6.45, 7) is -0.686. The molecule has 0 saturated heterocycles. The van der Waals surface area contributed by atoms with E-state index in [-0.39, 0.29) is 4.90 Å².